The van der Waals surface area contributed by atoms with Crippen molar-refractivity contribution < 1.29 is 22.7 Å². The maximum absolute atomic E-state index is 12.4. The van der Waals surface area contributed by atoms with E-state index in [1.807, 2.05) is 31.2 Å². The molecule has 1 aliphatic heterocycles. The Bertz CT molecular complexity index is 932. The second-order valence-corrected chi connectivity index (χ2v) is 9.49. The lowest BCUT2D eigenvalue weighted by atomic mass is 10.1. The lowest BCUT2D eigenvalue weighted by Crippen LogP contribution is -2.42. The van der Waals surface area contributed by atoms with Crippen LogP contribution in [-0.2, 0) is 19.4 Å². The van der Waals surface area contributed by atoms with E-state index in [4.69, 9.17) is 4.74 Å². The molecule has 2 heterocycles. The maximum atomic E-state index is 12.4. The highest BCUT2D eigenvalue weighted by molar-refractivity contribution is 7.91. The number of hydrogen-bond donors (Lipinski definition) is 1. The molecule has 0 saturated carbocycles. The molecule has 1 aliphatic rings. The van der Waals surface area contributed by atoms with Gasteiger partial charge in [0.15, 0.2) is 15.9 Å². The van der Waals surface area contributed by atoms with Crippen LogP contribution in [-0.4, -0.2) is 43.9 Å². The third kappa shape index (κ3) is 3.85. The molecule has 25 heavy (non-hydrogen) atoms. The van der Waals surface area contributed by atoms with Gasteiger partial charge in [-0.3, -0.25) is 4.79 Å². The lowest BCUT2D eigenvalue weighted by molar-refractivity contribution is -0.129. The van der Waals surface area contributed by atoms with Gasteiger partial charge in [0.2, 0.25) is 0 Å². The van der Waals surface area contributed by atoms with Crippen molar-refractivity contribution in [1.82, 2.24) is 5.32 Å². The molecule has 1 amide bonds. The molecule has 1 saturated heterocycles. The zero-order valence-electron chi connectivity index (χ0n) is 13.9. The van der Waals surface area contributed by atoms with Crippen LogP contribution in [0, 0.1) is 6.92 Å². The summed E-state index contributed by atoms with van der Waals surface area (Å²) >= 11 is 1.33. The minimum atomic E-state index is -3.07. The Labute approximate surface area is 150 Å². The van der Waals surface area contributed by atoms with Gasteiger partial charge >= 0.3 is 5.97 Å². The average molecular weight is 381 g/mol. The van der Waals surface area contributed by atoms with Gasteiger partial charge in [-0.1, -0.05) is 18.2 Å². The number of thiophene rings is 1. The first-order chi connectivity index (χ1) is 11.8. The molecule has 6 nitrogen and oxygen atoms in total. The van der Waals surface area contributed by atoms with Crippen molar-refractivity contribution in [3.05, 3.63) is 34.7 Å². The minimum Gasteiger partial charge on any atom is -0.448 e. The number of benzene rings is 1. The lowest BCUT2D eigenvalue weighted by Gasteiger charge is -2.16. The number of sulfone groups is 1. The zero-order chi connectivity index (χ0) is 18.2. The largest absolute Gasteiger partial charge is 0.448 e. The van der Waals surface area contributed by atoms with Crippen LogP contribution in [0.3, 0.4) is 0 Å². The Morgan fingerprint density at radius 2 is 2.04 bits per heavy atom. The Hall–Kier alpha value is -1.93. The number of esters is 1. The normalized spacial score (nSPS) is 20.3. The van der Waals surface area contributed by atoms with E-state index in [1.54, 1.807) is 0 Å². The third-order valence-corrected chi connectivity index (χ3v) is 7.28. The number of amides is 1. The number of hydrogen-bond acceptors (Lipinski definition) is 6. The number of rotatable bonds is 4. The first-order valence-corrected chi connectivity index (χ1v) is 10.6. The summed E-state index contributed by atoms with van der Waals surface area (Å²) in [7, 11) is -3.07. The molecule has 0 aliphatic carbocycles. The van der Waals surface area contributed by atoms with Gasteiger partial charge in [0, 0.05) is 10.7 Å². The number of aryl methyl sites for hydroxylation is 1. The fourth-order valence-corrected chi connectivity index (χ4v) is 5.63. The molecule has 8 heteroatoms. The van der Waals surface area contributed by atoms with E-state index in [1.165, 1.54) is 18.3 Å². The standard InChI is InChI=1S/C17H19NO5S2/c1-10-13-5-3-4-6-14(13)24-15(10)17(20)23-11(2)16(19)18-12-7-8-25(21,22)9-12/h3-6,11-12H,7-9H2,1-2H3,(H,18,19)/t11-,12+/m0/s1. The molecule has 1 N–H and O–H groups in total. The van der Waals surface area contributed by atoms with E-state index in [2.05, 4.69) is 5.32 Å². The van der Waals surface area contributed by atoms with Crippen LogP contribution in [0.4, 0.5) is 0 Å². The number of fused-ring (bicyclic) bond motifs is 1. The van der Waals surface area contributed by atoms with Gasteiger partial charge in [0.1, 0.15) is 4.88 Å². The fraction of sp³-hybridized carbons (Fsp3) is 0.412. The number of nitrogens with one attached hydrogen (secondary N) is 1. The molecular formula is C17H19NO5S2. The first-order valence-electron chi connectivity index (χ1n) is 7.97. The van der Waals surface area contributed by atoms with Crippen molar-refractivity contribution in [2.45, 2.75) is 32.4 Å². The monoisotopic (exact) mass is 381 g/mol. The summed E-state index contributed by atoms with van der Waals surface area (Å²) in [6.45, 7) is 3.34. The van der Waals surface area contributed by atoms with Crippen molar-refractivity contribution in [3.63, 3.8) is 0 Å². The van der Waals surface area contributed by atoms with Gasteiger partial charge in [-0.05, 0) is 37.3 Å². The first kappa shape index (κ1) is 17.9. The van der Waals surface area contributed by atoms with Gasteiger partial charge in [0.25, 0.3) is 5.91 Å². The van der Waals surface area contributed by atoms with Crippen LogP contribution in [0.15, 0.2) is 24.3 Å². The molecule has 2 atom stereocenters. The fourth-order valence-electron chi connectivity index (χ4n) is 2.86. The molecule has 0 bridgehead atoms. The van der Waals surface area contributed by atoms with Gasteiger partial charge in [-0.15, -0.1) is 11.3 Å². The van der Waals surface area contributed by atoms with Gasteiger partial charge < -0.3 is 10.1 Å². The summed E-state index contributed by atoms with van der Waals surface area (Å²) in [6.07, 6.45) is -0.593. The Balaban J connectivity index is 1.65. The van der Waals surface area contributed by atoms with Crippen molar-refractivity contribution in [1.29, 1.82) is 0 Å². The van der Waals surface area contributed by atoms with Crippen LogP contribution in [0.1, 0.15) is 28.6 Å². The Morgan fingerprint density at radius 1 is 1.32 bits per heavy atom. The molecule has 3 rings (SSSR count). The molecule has 2 aromatic rings. The molecule has 1 aromatic carbocycles. The quantitative estimate of drug-likeness (QED) is 0.819. The summed E-state index contributed by atoms with van der Waals surface area (Å²) in [5.41, 5.74) is 0.833. The molecule has 0 radical (unpaired) electrons. The Kier molecular flexibility index (Phi) is 4.83. The van der Waals surface area contributed by atoms with E-state index >= 15 is 0 Å². The van der Waals surface area contributed by atoms with Crippen molar-refractivity contribution >= 4 is 43.1 Å². The molecule has 1 fully saturated rings. The van der Waals surface area contributed by atoms with Crippen molar-refractivity contribution in [3.8, 4) is 0 Å². The second kappa shape index (κ2) is 6.76. The number of ether oxygens (including phenoxy) is 1. The summed E-state index contributed by atoms with van der Waals surface area (Å²) in [5, 5.41) is 3.63. The molecule has 0 unspecified atom stereocenters. The summed E-state index contributed by atoms with van der Waals surface area (Å²) < 4.78 is 29.2. The van der Waals surface area contributed by atoms with Crippen molar-refractivity contribution in [2.24, 2.45) is 0 Å². The maximum Gasteiger partial charge on any atom is 0.349 e. The average Bonchev–Trinajstić information content (AvgIpc) is 3.07. The molecule has 0 spiro atoms. The highest BCUT2D eigenvalue weighted by Gasteiger charge is 2.31. The second-order valence-electron chi connectivity index (χ2n) is 6.21. The van der Waals surface area contributed by atoms with Crippen molar-refractivity contribution in [2.75, 3.05) is 11.5 Å². The Morgan fingerprint density at radius 3 is 2.68 bits per heavy atom. The number of carbonyl (C=O) groups is 2. The van der Waals surface area contributed by atoms with E-state index in [0.717, 1.165) is 15.6 Å². The van der Waals surface area contributed by atoms with E-state index in [0.29, 0.717) is 11.3 Å². The minimum absolute atomic E-state index is 0.0607. The molecular weight excluding hydrogens is 362 g/mol. The smallest absolute Gasteiger partial charge is 0.349 e. The van der Waals surface area contributed by atoms with Crippen LogP contribution >= 0.6 is 11.3 Å². The SMILES string of the molecule is Cc1c(C(=O)O[C@@H](C)C(=O)N[C@@H]2CCS(=O)(=O)C2)sc2ccccc12. The van der Waals surface area contributed by atoms with Crippen LogP contribution in [0.25, 0.3) is 10.1 Å². The third-order valence-electron chi connectivity index (χ3n) is 4.26. The zero-order valence-corrected chi connectivity index (χ0v) is 15.6. The summed E-state index contributed by atoms with van der Waals surface area (Å²) in [5.74, 6) is -1.00. The van der Waals surface area contributed by atoms with Crippen LogP contribution in [0.5, 0.6) is 0 Å². The van der Waals surface area contributed by atoms with Gasteiger partial charge in [-0.25, -0.2) is 13.2 Å². The van der Waals surface area contributed by atoms with Gasteiger partial charge in [-0.2, -0.15) is 0 Å². The summed E-state index contributed by atoms with van der Waals surface area (Å²) in [6, 6.07) is 7.27. The van der Waals surface area contributed by atoms with E-state index < -0.39 is 33.9 Å². The predicted octanol–water partition coefficient (Wildman–Crippen LogP) is 2.06. The molecule has 1 aromatic heterocycles. The number of carbonyl (C=O) groups excluding carboxylic acids is 2. The van der Waals surface area contributed by atoms with Crippen LogP contribution in [0.2, 0.25) is 0 Å². The van der Waals surface area contributed by atoms with Gasteiger partial charge in [0.05, 0.1) is 11.5 Å². The topological polar surface area (TPSA) is 89.5 Å². The molecule has 134 valence electrons. The van der Waals surface area contributed by atoms with E-state index in [9.17, 15) is 18.0 Å². The van der Waals surface area contributed by atoms with Crippen LogP contribution < -0.4 is 5.32 Å². The van der Waals surface area contributed by atoms with E-state index in [-0.39, 0.29) is 11.5 Å². The predicted molar refractivity (Wildman–Crippen MR) is 96.6 cm³/mol. The summed E-state index contributed by atoms with van der Waals surface area (Å²) in [4.78, 5) is 25.0. The highest BCUT2D eigenvalue weighted by Crippen LogP contribution is 2.31. The highest BCUT2D eigenvalue weighted by atomic mass is 32.2.